The molecule has 0 aliphatic carbocycles. The van der Waals surface area contributed by atoms with Crippen LogP contribution in [0, 0.1) is 5.82 Å². The molecule has 4 N–H and O–H groups in total. The molecule has 3 nitrogen and oxygen atoms in total. The summed E-state index contributed by atoms with van der Waals surface area (Å²) < 4.78 is 13.8. The van der Waals surface area contributed by atoms with Crippen LogP contribution >= 0.6 is 0 Å². The lowest BCUT2D eigenvalue weighted by Gasteiger charge is -2.09. The van der Waals surface area contributed by atoms with Crippen molar-refractivity contribution < 1.29 is 9.18 Å². The van der Waals surface area contributed by atoms with Gasteiger partial charge in [-0.2, -0.15) is 0 Å². The van der Waals surface area contributed by atoms with Gasteiger partial charge in [0.2, 0.25) is 0 Å². The molecule has 0 saturated carbocycles. The van der Waals surface area contributed by atoms with E-state index in [9.17, 15) is 9.18 Å². The Morgan fingerprint density at radius 2 is 1.78 bits per heavy atom. The fraction of sp³-hybridized carbons (Fsp3) is 0.0714. The molecule has 0 amide bonds. The molecule has 0 spiro atoms. The van der Waals surface area contributed by atoms with Gasteiger partial charge < -0.3 is 11.5 Å². The molecule has 0 fully saturated rings. The van der Waals surface area contributed by atoms with Crippen molar-refractivity contribution in [1.29, 1.82) is 0 Å². The molecule has 2 aromatic carbocycles. The summed E-state index contributed by atoms with van der Waals surface area (Å²) in [6.45, 7) is 1.43. The summed E-state index contributed by atoms with van der Waals surface area (Å²) in [5, 5.41) is 0. The Morgan fingerprint density at radius 3 is 2.44 bits per heavy atom. The number of benzene rings is 2. The summed E-state index contributed by atoms with van der Waals surface area (Å²) >= 11 is 0. The second kappa shape index (κ2) is 4.49. The number of anilines is 2. The molecule has 0 saturated heterocycles. The van der Waals surface area contributed by atoms with Gasteiger partial charge in [-0.1, -0.05) is 0 Å². The summed E-state index contributed by atoms with van der Waals surface area (Å²) in [5.41, 5.74) is 13.6. The van der Waals surface area contributed by atoms with Crippen molar-refractivity contribution in [3.05, 3.63) is 47.8 Å². The molecule has 2 rings (SSSR count). The molecule has 0 aliphatic heterocycles. The minimum atomic E-state index is -0.433. The summed E-state index contributed by atoms with van der Waals surface area (Å²) in [4.78, 5) is 11.3. The van der Waals surface area contributed by atoms with E-state index in [-0.39, 0.29) is 11.3 Å². The molecule has 0 unspecified atom stereocenters. The predicted octanol–water partition coefficient (Wildman–Crippen LogP) is 2.86. The van der Waals surface area contributed by atoms with Crippen LogP contribution in [0.1, 0.15) is 17.3 Å². The van der Waals surface area contributed by atoms with E-state index in [4.69, 9.17) is 11.5 Å². The maximum Gasteiger partial charge on any atom is 0.159 e. The Hall–Kier alpha value is -2.36. The molecule has 0 radical (unpaired) electrons. The number of hydrogen-bond acceptors (Lipinski definition) is 3. The third-order valence-corrected chi connectivity index (χ3v) is 2.74. The lowest BCUT2D eigenvalue weighted by molar-refractivity contribution is 0.101. The van der Waals surface area contributed by atoms with Gasteiger partial charge in [-0.15, -0.1) is 0 Å². The van der Waals surface area contributed by atoms with E-state index in [0.29, 0.717) is 22.5 Å². The van der Waals surface area contributed by atoms with Crippen LogP contribution in [0.5, 0.6) is 0 Å². The van der Waals surface area contributed by atoms with Gasteiger partial charge in [-0.3, -0.25) is 4.79 Å². The number of Topliss-reactive ketones (excluding diaryl/α,β-unsaturated/α-hetero) is 1. The minimum Gasteiger partial charge on any atom is -0.399 e. The van der Waals surface area contributed by atoms with Crippen LogP contribution in [0.4, 0.5) is 15.8 Å². The minimum absolute atomic E-state index is 0.126. The maximum absolute atomic E-state index is 13.8. The van der Waals surface area contributed by atoms with Crippen molar-refractivity contribution in [3.63, 3.8) is 0 Å². The first-order valence-corrected chi connectivity index (χ1v) is 5.45. The Balaban J connectivity index is 2.66. The summed E-state index contributed by atoms with van der Waals surface area (Å²) in [6, 6.07) is 9.05. The Labute approximate surface area is 104 Å². The lowest BCUT2D eigenvalue weighted by atomic mass is 9.99. The highest BCUT2D eigenvalue weighted by atomic mass is 19.1. The first kappa shape index (κ1) is 12.1. The molecule has 2 aromatic rings. The molecule has 0 heterocycles. The second-order valence-corrected chi connectivity index (χ2v) is 4.10. The SMILES string of the molecule is CC(=O)c1ccc(F)c(-c2cc(N)ccc2N)c1. The van der Waals surface area contributed by atoms with Crippen molar-refractivity contribution in [2.75, 3.05) is 11.5 Å². The monoisotopic (exact) mass is 244 g/mol. The third-order valence-electron chi connectivity index (χ3n) is 2.74. The van der Waals surface area contributed by atoms with Gasteiger partial charge in [0.05, 0.1) is 0 Å². The number of nitrogen functional groups attached to an aromatic ring is 2. The van der Waals surface area contributed by atoms with E-state index in [1.54, 1.807) is 18.2 Å². The van der Waals surface area contributed by atoms with Gasteiger partial charge in [0.25, 0.3) is 0 Å². The molecule has 0 atom stereocenters. The molecule has 0 bridgehead atoms. The van der Waals surface area contributed by atoms with E-state index in [0.717, 1.165) is 0 Å². The second-order valence-electron chi connectivity index (χ2n) is 4.10. The molecule has 4 heteroatoms. The van der Waals surface area contributed by atoms with Gasteiger partial charge in [-0.05, 0) is 43.3 Å². The average Bonchev–Trinajstić information content (AvgIpc) is 2.33. The van der Waals surface area contributed by atoms with Crippen LogP contribution in [0.25, 0.3) is 11.1 Å². The van der Waals surface area contributed by atoms with Crippen LogP contribution in [0.15, 0.2) is 36.4 Å². The summed E-state index contributed by atoms with van der Waals surface area (Å²) in [5.74, 6) is -0.559. The largest absolute Gasteiger partial charge is 0.399 e. The number of ketones is 1. The fourth-order valence-electron chi connectivity index (χ4n) is 1.76. The Kier molecular flexibility index (Phi) is 3.02. The number of carbonyl (C=O) groups is 1. The normalized spacial score (nSPS) is 10.3. The quantitative estimate of drug-likeness (QED) is 0.630. The van der Waals surface area contributed by atoms with E-state index in [1.807, 2.05) is 0 Å². The van der Waals surface area contributed by atoms with Crippen molar-refractivity contribution in [3.8, 4) is 11.1 Å². The van der Waals surface area contributed by atoms with E-state index in [2.05, 4.69) is 0 Å². The molecule has 18 heavy (non-hydrogen) atoms. The van der Waals surface area contributed by atoms with Crippen molar-refractivity contribution >= 4 is 17.2 Å². The molecule has 92 valence electrons. The topological polar surface area (TPSA) is 69.1 Å². The molecular formula is C14H13FN2O. The number of hydrogen-bond donors (Lipinski definition) is 2. The molecular weight excluding hydrogens is 231 g/mol. The van der Waals surface area contributed by atoms with Crippen LogP contribution in [-0.4, -0.2) is 5.78 Å². The predicted molar refractivity (Wildman–Crippen MR) is 70.7 cm³/mol. The van der Waals surface area contributed by atoms with Crippen LogP contribution in [-0.2, 0) is 0 Å². The zero-order valence-corrected chi connectivity index (χ0v) is 9.91. The average molecular weight is 244 g/mol. The highest BCUT2D eigenvalue weighted by Gasteiger charge is 2.11. The van der Waals surface area contributed by atoms with Crippen molar-refractivity contribution in [2.45, 2.75) is 6.92 Å². The van der Waals surface area contributed by atoms with Gasteiger partial charge in [0.1, 0.15) is 5.82 Å². The van der Waals surface area contributed by atoms with Gasteiger partial charge in [-0.25, -0.2) is 4.39 Å². The van der Waals surface area contributed by atoms with Crippen LogP contribution in [0.3, 0.4) is 0 Å². The van der Waals surface area contributed by atoms with Gasteiger partial charge in [0, 0.05) is 28.1 Å². The van der Waals surface area contributed by atoms with E-state index < -0.39 is 5.82 Å². The fourth-order valence-corrected chi connectivity index (χ4v) is 1.76. The highest BCUT2D eigenvalue weighted by molar-refractivity contribution is 5.96. The van der Waals surface area contributed by atoms with Crippen molar-refractivity contribution in [2.24, 2.45) is 0 Å². The number of halogens is 1. The number of nitrogens with two attached hydrogens (primary N) is 2. The maximum atomic E-state index is 13.8. The zero-order valence-electron chi connectivity index (χ0n) is 9.91. The Morgan fingerprint density at radius 1 is 1.06 bits per heavy atom. The van der Waals surface area contributed by atoms with Crippen LogP contribution < -0.4 is 11.5 Å². The highest BCUT2D eigenvalue weighted by Crippen LogP contribution is 2.30. The first-order chi connectivity index (χ1) is 8.49. The summed E-state index contributed by atoms with van der Waals surface area (Å²) in [6.07, 6.45) is 0. The Bertz CT molecular complexity index is 623. The molecule has 0 aliphatic rings. The molecule has 0 aromatic heterocycles. The summed E-state index contributed by atoms with van der Waals surface area (Å²) in [7, 11) is 0. The first-order valence-electron chi connectivity index (χ1n) is 5.45. The van der Waals surface area contributed by atoms with E-state index >= 15 is 0 Å². The third kappa shape index (κ3) is 2.18. The standard InChI is InChI=1S/C14H13FN2O/c1-8(18)9-2-4-13(15)11(6-9)12-7-10(16)3-5-14(12)17/h2-7H,16-17H2,1H3. The van der Waals surface area contributed by atoms with Gasteiger partial charge in [0.15, 0.2) is 5.78 Å². The smallest absolute Gasteiger partial charge is 0.159 e. The van der Waals surface area contributed by atoms with Crippen LogP contribution in [0.2, 0.25) is 0 Å². The van der Waals surface area contributed by atoms with Crippen molar-refractivity contribution in [1.82, 2.24) is 0 Å². The zero-order chi connectivity index (χ0) is 13.3. The van der Waals surface area contributed by atoms with E-state index in [1.165, 1.54) is 25.1 Å². The number of rotatable bonds is 2. The van der Waals surface area contributed by atoms with Gasteiger partial charge >= 0.3 is 0 Å². The lowest BCUT2D eigenvalue weighted by Crippen LogP contribution is -1.98. The number of carbonyl (C=O) groups excluding carboxylic acids is 1.